The van der Waals surface area contributed by atoms with Crippen LogP contribution in [0.4, 0.5) is 0 Å². The first-order valence-electron chi connectivity index (χ1n) is 6.79. The van der Waals surface area contributed by atoms with E-state index in [-0.39, 0.29) is 5.91 Å². The minimum Gasteiger partial charge on any atom is -0.342 e. The van der Waals surface area contributed by atoms with E-state index in [9.17, 15) is 4.79 Å². The van der Waals surface area contributed by atoms with Crippen molar-refractivity contribution in [1.82, 2.24) is 10.2 Å². The molecule has 1 rings (SSSR count). The zero-order chi connectivity index (χ0) is 11.8. The molecule has 0 aliphatic carbocycles. The molecule has 94 valence electrons. The molecule has 0 radical (unpaired) electrons. The standard InChI is InChI=1S/C13H26N2O/c1-3-12(4-2)14-11-13(16)15-9-7-5-6-8-10-15/h12,14H,3-11H2,1-2H3. The van der Waals surface area contributed by atoms with Gasteiger partial charge in [-0.2, -0.15) is 0 Å². The van der Waals surface area contributed by atoms with Gasteiger partial charge in [-0.25, -0.2) is 0 Å². The van der Waals surface area contributed by atoms with E-state index < -0.39 is 0 Å². The lowest BCUT2D eigenvalue weighted by atomic mass is 10.2. The zero-order valence-corrected chi connectivity index (χ0v) is 10.8. The van der Waals surface area contributed by atoms with Crippen LogP contribution in [0.1, 0.15) is 52.4 Å². The Hall–Kier alpha value is -0.570. The summed E-state index contributed by atoms with van der Waals surface area (Å²) in [5.74, 6) is 0.286. The van der Waals surface area contributed by atoms with Gasteiger partial charge in [-0.3, -0.25) is 4.79 Å². The van der Waals surface area contributed by atoms with Crippen LogP contribution in [0.25, 0.3) is 0 Å². The van der Waals surface area contributed by atoms with Crippen molar-refractivity contribution in [2.45, 2.75) is 58.4 Å². The molecule has 0 spiro atoms. The van der Waals surface area contributed by atoms with Crippen LogP contribution in [0.5, 0.6) is 0 Å². The second-order valence-electron chi connectivity index (χ2n) is 4.69. The van der Waals surface area contributed by atoms with Gasteiger partial charge in [0.1, 0.15) is 0 Å². The van der Waals surface area contributed by atoms with Gasteiger partial charge in [0.2, 0.25) is 5.91 Å². The third-order valence-corrected chi connectivity index (χ3v) is 3.49. The van der Waals surface area contributed by atoms with E-state index >= 15 is 0 Å². The van der Waals surface area contributed by atoms with E-state index in [4.69, 9.17) is 0 Å². The van der Waals surface area contributed by atoms with Crippen molar-refractivity contribution in [1.29, 1.82) is 0 Å². The van der Waals surface area contributed by atoms with Gasteiger partial charge in [0.05, 0.1) is 6.54 Å². The Morgan fingerprint density at radius 2 is 1.69 bits per heavy atom. The van der Waals surface area contributed by atoms with Crippen LogP contribution in [-0.2, 0) is 4.79 Å². The molecule has 0 saturated carbocycles. The quantitative estimate of drug-likeness (QED) is 0.779. The number of hydrogen-bond acceptors (Lipinski definition) is 2. The van der Waals surface area contributed by atoms with E-state index in [1.54, 1.807) is 0 Å². The summed E-state index contributed by atoms with van der Waals surface area (Å²) in [7, 11) is 0. The Bertz CT molecular complexity index is 194. The van der Waals surface area contributed by atoms with Crippen LogP contribution < -0.4 is 5.32 Å². The molecule has 0 atom stereocenters. The van der Waals surface area contributed by atoms with Gasteiger partial charge in [0.15, 0.2) is 0 Å². The van der Waals surface area contributed by atoms with Crippen LogP contribution in [-0.4, -0.2) is 36.5 Å². The Morgan fingerprint density at radius 3 is 2.19 bits per heavy atom. The summed E-state index contributed by atoms with van der Waals surface area (Å²) in [6.07, 6.45) is 7.12. The molecule has 16 heavy (non-hydrogen) atoms. The molecule has 1 saturated heterocycles. The second-order valence-corrected chi connectivity index (χ2v) is 4.69. The monoisotopic (exact) mass is 226 g/mol. The molecular formula is C13H26N2O. The van der Waals surface area contributed by atoms with E-state index in [2.05, 4.69) is 19.2 Å². The van der Waals surface area contributed by atoms with Crippen LogP contribution in [0.3, 0.4) is 0 Å². The number of hydrogen-bond donors (Lipinski definition) is 1. The van der Waals surface area contributed by atoms with Gasteiger partial charge in [-0.05, 0) is 25.7 Å². The highest BCUT2D eigenvalue weighted by Gasteiger charge is 2.15. The molecule has 0 unspecified atom stereocenters. The molecule has 1 aliphatic heterocycles. The lowest BCUT2D eigenvalue weighted by molar-refractivity contribution is -0.130. The maximum atomic E-state index is 12.0. The minimum absolute atomic E-state index is 0.286. The summed E-state index contributed by atoms with van der Waals surface area (Å²) in [6.45, 7) is 6.77. The Morgan fingerprint density at radius 1 is 1.12 bits per heavy atom. The topological polar surface area (TPSA) is 32.3 Å². The van der Waals surface area contributed by atoms with Gasteiger partial charge < -0.3 is 10.2 Å². The molecule has 1 N–H and O–H groups in total. The molecule has 0 aromatic rings. The number of carbonyl (C=O) groups is 1. The number of likely N-dealkylation sites (tertiary alicyclic amines) is 1. The average Bonchev–Trinajstić information content (AvgIpc) is 2.58. The van der Waals surface area contributed by atoms with Crippen molar-refractivity contribution in [3.8, 4) is 0 Å². The summed E-state index contributed by atoms with van der Waals surface area (Å²) in [4.78, 5) is 14.0. The van der Waals surface area contributed by atoms with Gasteiger partial charge in [0, 0.05) is 19.1 Å². The van der Waals surface area contributed by atoms with Crippen molar-refractivity contribution in [2.75, 3.05) is 19.6 Å². The third-order valence-electron chi connectivity index (χ3n) is 3.49. The maximum Gasteiger partial charge on any atom is 0.236 e. The second kappa shape index (κ2) is 7.66. The number of carbonyl (C=O) groups excluding carboxylic acids is 1. The summed E-state index contributed by atoms with van der Waals surface area (Å²) in [5.41, 5.74) is 0. The van der Waals surface area contributed by atoms with E-state index in [0.29, 0.717) is 12.6 Å². The lowest BCUT2D eigenvalue weighted by Gasteiger charge is -2.22. The first-order chi connectivity index (χ1) is 7.77. The molecule has 0 bridgehead atoms. The lowest BCUT2D eigenvalue weighted by Crippen LogP contribution is -2.41. The number of rotatable bonds is 5. The van der Waals surface area contributed by atoms with Gasteiger partial charge in [-0.15, -0.1) is 0 Å². The van der Waals surface area contributed by atoms with Gasteiger partial charge >= 0.3 is 0 Å². The fourth-order valence-electron chi connectivity index (χ4n) is 2.24. The Kier molecular flexibility index (Phi) is 6.46. The van der Waals surface area contributed by atoms with Gasteiger partial charge in [-0.1, -0.05) is 26.7 Å². The zero-order valence-electron chi connectivity index (χ0n) is 10.8. The molecule has 3 nitrogen and oxygen atoms in total. The molecule has 0 aromatic heterocycles. The molecular weight excluding hydrogens is 200 g/mol. The Balaban J connectivity index is 2.27. The van der Waals surface area contributed by atoms with Crippen molar-refractivity contribution >= 4 is 5.91 Å². The minimum atomic E-state index is 0.286. The SMILES string of the molecule is CCC(CC)NCC(=O)N1CCCCCC1. The van der Waals surface area contributed by atoms with E-state index in [0.717, 1.165) is 25.9 Å². The van der Waals surface area contributed by atoms with Crippen LogP contribution >= 0.6 is 0 Å². The third kappa shape index (κ3) is 4.52. The number of amides is 1. The highest BCUT2D eigenvalue weighted by atomic mass is 16.2. The average molecular weight is 226 g/mol. The predicted molar refractivity (Wildman–Crippen MR) is 67.4 cm³/mol. The van der Waals surface area contributed by atoms with Crippen molar-refractivity contribution in [3.63, 3.8) is 0 Å². The molecule has 3 heteroatoms. The first kappa shape index (κ1) is 13.5. The molecule has 1 aliphatic rings. The first-order valence-corrected chi connectivity index (χ1v) is 6.79. The smallest absolute Gasteiger partial charge is 0.236 e. The summed E-state index contributed by atoms with van der Waals surface area (Å²) >= 11 is 0. The molecule has 0 aromatic carbocycles. The number of nitrogens with zero attached hydrogens (tertiary/aromatic N) is 1. The Labute approximate surface area is 99.6 Å². The molecule has 1 heterocycles. The van der Waals surface area contributed by atoms with Crippen LogP contribution in [0, 0.1) is 0 Å². The normalized spacial score (nSPS) is 17.6. The predicted octanol–water partition coefficient (Wildman–Crippen LogP) is 2.17. The number of nitrogens with one attached hydrogen (secondary N) is 1. The van der Waals surface area contributed by atoms with Crippen LogP contribution in [0.15, 0.2) is 0 Å². The highest BCUT2D eigenvalue weighted by Crippen LogP contribution is 2.09. The largest absolute Gasteiger partial charge is 0.342 e. The molecule has 1 amide bonds. The van der Waals surface area contributed by atoms with Crippen molar-refractivity contribution in [3.05, 3.63) is 0 Å². The van der Waals surface area contributed by atoms with Gasteiger partial charge in [0.25, 0.3) is 0 Å². The fraction of sp³-hybridized carbons (Fsp3) is 0.923. The summed E-state index contributed by atoms with van der Waals surface area (Å²) in [6, 6.07) is 0.496. The van der Waals surface area contributed by atoms with Crippen molar-refractivity contribution in [2.24, 2.45) is 0 Å². The maximum absolute atomic E-state index is 12.0. The summed E-state index contributed by atoms with van der Waals surface area (Å²) in [5, 5.41) is 3.35. The van der Waals surface area contributed by atoms with E-state index in [1.807, 2.05) is 4.90 Å². The fourth-order valence-corrected chi connectivity index (χ4v) is 2.24. The molecule has 1 fully saturated rings. The summed E-state index contributed by atoms with van der Waals surface area (Å²) < 4.78 is 0. The van der Waals surface area contributed by atoms with Crippen LogP contribution in [0.2, 0.25) is 0 Å². The van der Waals surface area contributed by atoms with Crippen molar-refractivity contribution < 1.29 is 4.79 Å². The van der Waals surface area contributed by atoms with E-state index in [1.165, 1.54) is 25.7 Å². The highest BCUT2D eigenvalue weighted by molar-refractivity contribution is 5.78.